The molecule has 0 saturated carbocycles. The number of hydrogen-bond acceptors (Lipinski definition) is 3. The van der Waals surface area contributed by atoms with Gasteiger partial charge < -0.3 is 20.5 Å². The van der Waals surface area contributed by atoms with Crippen LogP contribution in [0, 0.1) is 0 Å². The van der Waals surface area contributed by atoms with E-state index in [4.69, 9.17) is 15.2 Å². The zero-order valence-electron chi connectivity index (χ0n) is 12.7. The summed E-state index contributed by atoms with van der Waals surface area (Å²) in [5, 5.41) is 3.12. The minimum Gasteiger partial charge on any atom is -0.493 e. The lowest BCUT2D eigenvalue weighted by Gasteiger charge is -2.16. The Kier molecular flexibility index (Phi) is 6.70. The minimum atomic E-state index is -0.0800. The number of nitrogens with two attached hydrogens (primary N) is 1. The second-order valence-corrected chi connectivity index (χ2v) is 4.76. The van der Waals surface area contributed by atoms with Gasteiger partial charge in [-0.15, -0.1) is 0 Å². The molecule has 112 valence electrons. The molecule has 0 amide bonds. The Morgan fingerprint density at radius 3 is 2.55 bits per heavy atom. The van der Waals surface area contributed by atoms with Crippen molar-refractivity contribution in [3.8, 4) is 11.5 Å². The number of methoxy groups -OCH3 is 1. The summed E-state index contributed by atoms with van der Waals surface area (Å²) >= 11 is 0. The number of nitrogens with one attached hydrogen (secondary N) is 1. The number of hydrogen-bond donors (Lipinski definition) is 2. The van der Waals surface area contributed by atoms with Crippen LogP contribution in [0.15, 0.2) is 29.3 Å². The van der Waals surface area contributed by atoms with Crippen molar-refractivity contribution in [1.82, 2.24) is 5.32 Å². The summed E-state index contributed by atoms with van der Waals surface area (Å²) < 4.78 is 11.0. The van der Waals surface area contributed by atoms with E-state index in [0.717, 1.165) is 6.42 Å². The number of para-hydroxylation sites is 2. The lowest BCUT2D eigenvalue weighted by Crippen LogP contribution is -2.38. The first-order valence-corrected chi connectivity index (χ1v) is 6.93. The third-order valence-corrected chi connectivity index (χ3v) is 2.92. The molecule has 0 saturated heterocycles. The maximum absolute atomic E-state index is 5.81. The highest BCUT2D eigenvalue weighted by Crippen LogP contribution is 2.26. The predicted molar refractivity (Wildman–Crippen MR) is 82.5 cm³/mol. The number of benzene rings is 1. The van der Waals surface area contributed by atoms with E-state index in [2.05, 4.69) is 24.2 Å². The first kappa shape index (κ1) is 16.1. The smallest absolute Gasteiger partial charge is 0.188 e. The molecule has 1 rings (SSSR count). The second kappa shape index (κ2) is 8.30. The molecule has 0 aliphatic heterocycles. The van der Waals surface area contributed by atoms with Crippen LogP contribution in [0.1, 0.15) is 27.2 Å². The molecule has 20 heavy (non-hydrogen) atoms. The maximum Gasteiger partial charge on any atom is 0.188 e. The first-order valence-electron chi connectivity index (χ1n) is 6.93. The van der Waals surface area contributed by atoms with E-state index < -0.39 is 0 Å². The molecule has 2 unspecified atom stereocenters. The minimum absolute atomic E-state index is 0.0800. The standard InChI is InChI=1S/C15H25N3O2/c1-5-11(2)18-15(16)17-10-12(3)20-14-9-7-6-8-13(14)19-4/h6-9,11-12H,5,10H2,1-4H3,(H3,16,17,18). The van der Waals surface area contributed by atoms with Crippen LogP contribution in [0.2, 0.25) is 0 Å². The Bertz CT molecular complexity index is 435. The molecule has 2 atom stereocenters. The lowest BCUT2D eigenvalue weighted by atomic mass is 10.3. The number of aliphatic imine (C=N–C) groups is 1. The molecule has 0 fully saturated rings. The van der Waals surface area contributed by atoms with E-state index >= 15 is 0 Å². The highest BCUT2D eigenvalue weighted by molar-refractivity contribution is 5.78. The SMILES string of the molecule is CCC(C)NC(N)=NCC(C)Oc1ccccc1OC. The number of rotatable bonds is 7. The third kappa shape index (κ3) is 5.38. The number of guanidine groups is 1. The molecule has 1 aromatic rings. The molecule has 3 N–H and O–H groups in total. The van der Waals surface area contributed by atoms with Crippen LogP contribution >= 0.6 is 0 Å². The van der Waals surface area contributed by atoms with E-state index in [1.54, 1.807) is 7.11 Å². The fourth-order valence-corrected chi connectivity index (χ4v) is 1.60. The molecule has 0 aromatic heterocycles. The highest BCUT2D eigenvalue weighted by Gasteiger charge is 2.08. The van der Waals surface area contributed by atoms with Crippen LogP contribution < -0.4 is 20.5 Å². The Morgan fingerprint density at radius 2 is 1.95 bits per heavy atom. The number of nitrogens with zero attached hydrogens (tertiary/aromatic N) is 1. The summed E-state index contributed by atoms with van der Waals surface area (Å²) in [6.07, 6.45) is 0.923. The van der Waals surface area contributed by atoms with Crippen molar-refractivity contribution in [2.24, 2.45) is 10.7 Å². The molecular weight excluding hydrogens is 254 g/mol. The average Bonchev–Trinajstić information content (AvgIpc) is 2.45. The van der Waals surface area contributed by atoms with Crippen LogP contribution in [0.5, 0.6) is 11.5 Å². The molecule has 0 bridgehead atoms. The molecule has 0 radical (unpaired) electrons. The molecule has 0 heterocycles. The molecule has 5 nitrogen and oxygen atoms in total. The summed E-state index contributed by atoms with van der Waals surface area (Å²) in [5.41, 5.74) is 5.81. The molecule has 1 aromatic carbocycles. The van der Waals surface area contributed by atoms with Gasteiger partial charge in [-0.1, -0.05) is 19.1 Å². The quantitative estimate of drug-likeness (QED) is 0.593. The summed E-state index contributed by atoms with van der Waals surface area (Å²) in [4.78, 5) is 4.28. The topological polar surface area (TPSA) is 68.9 Å². The molecular formula is C15H25N3O2. The Labute approximate surface area is 121 Å². The van der Waals surface area contributed by atoms with Crippen molar-refractivity contribution in [2.75, 3.05) is 13.7 Å². The van der Waals surface area contributed by atoms with E-state index in [1.807, 2.05) is 31.2 Å². The fraction of sp³-hybridized carbons (Fsp3) is 0.533. The predicted octanol–water partition coefficient (Wildman–Crippen LogP) is 2.17. The van der Waals surface area contributed by atoms with Gasteiger partial charge in [0.25, 0.3) is 0 Å². The second-order valence-electron chi connectivity index (χ2n) is 4.76. The van der Waals surface area contributed by atoms with Crippen LogP contribution in [-0.2, 0) is 0 Å². The van der Waals surface area contributed by atoms with E-state index in [9.17, 15) is 0 Å². The van der Waals surface area contributed by atoms with Crippen molar-refractivity contribution >= 4 is 5.96 Å². The van der Waals surface area contributed by atoms with Crippen LogP contribution in [0.25, 0.3) is 0 Å². The average molecular weight is 279 g/mol. The number of ether oxygens (including phenoxy) is 2. The van der Waals surface area contributed by atoms with Gasteiger partial charge >= 0.3 is 0 Å². The van der Waals surface area contributed by atoms with Gasteiger partial charge in [0, 0.05) is 6.04 Å². The zero-order chi connectivity index (χ0) is 15.0. The van der Waals surface area contributed by atoms with Crippen molar-refractivity contribution in [3.63, 3.8) is 0 Å². The Balaban J connectivity index is 2.51. The van der Waals surface area contributed by atoms with Gasteiger partial charge in [-0.3, -0.25) is 0 Å². The summed E-state index contributed by atoms with van der Waals surface area (Å²) in [5.74, 6) is 1.88. The van der Waals surface area contributed by atoms with Crippen molar-refractivity contribution < 1.29 is 9.47 Å². The van der Waals surface area contributed by atoms with E-state index in [0.29, 0.717) is 30.0 Å². The zero-order valence-corrected chi connectivity index (χ0v) is 12.7. The molecule has 0 aliphatic rings. The van der Waals surface area contributed by atoms with Gasteiger partial charge in [0.1, 0.15) is 6.10 Å². The van der Waals surface area contributed by atoms with Crippen LogP contribution in [0.4, 0.5) is 0 Å². The molecule has 0 aliphatic carbocycles. The van der Waals surface area contributed by atoms with Crippen molar-refractivity contribution in [1.29, 1.82) is 0 Å². The van der Waals surface area contributed by atoms with Gasteiger partial charge in [-0.05, 0) is 32.4 Å². The van der Waals surface area contributed by atoms with Gasteiger partial charge in [0.2, 0.25) is 0 Å². The van der Waals surface area contributed by atoms with Crippen LogP contribution in [-0.4, -0.2) is 31.8 Å². The van der Waals surface area contributed by atoms with E-state index in [-0.39, 0.29) is 6.10 Å². The van der Waals surface area contributed by atoms with Gasteiger partial charge in [0.15, 0.2) is 17.5 Å². The summed E-state index contributed by atoms with van der Waals surface area (Å²) in [7, 11) is 1.62. The van der Waals surface area contributed by atoms with Gasteiger partial charge in [-0.25, -0.2) is 4.99 Å². The maximum atomic E-state index is 5.81. The van der Waals surface area contributed by atoms with E-state index in [1.165, 1.54) is 0 Å². The third-order valence-electron chi connectivity index (χ3n) is 2.92. The monoisotopic (exact) mass is 279 g/mol. The lowest BCUT2D eigenvalue weighted by molar-refractivity contribution is 0.219. The molecule has 5 heteroatoms. The summed E-state index contributed by atoms with van der Waals surface area (Å²) in [6, 6.07) is 7.88. The largest absolute Gasteiger partial charge is 0.493 e. The van der Waals surface area contributed by atoms with Gasteiger partial charge in [-0.2, -0.15) is 0 Å². The normalized spacial score (nSPS) is 14.5. The Morgan fingerprint density at radius 1 is 1.30 bits per heavy atom. The van der Waals surface area contributed by atoms with Crippen LogP contribution in [0.3, 0.4) is 0 Å². The Hall–Kier alpha value is -1.91. The van der Waals surface area contributed by atoms with Gasteiger partial charge in [0.05, 0.1) is 13.7 Å². The molecule has 0 spiro atoms. The highest BCUT2D eigenvalue weighted by atomic mass is 16.5. The summed E-state index contributed by atoms with van der Waals surface area (Å²) in [6.45, 7) is 6.61. The fourth-order valence-electron chi connectivity index (χ4n) is 1.60. The first-order chi connectivity index (χ1) is 9.56. The van der Waals surface area contributed by atoms with Crippen molar-refractivity contribution in [3.05, 3.63) is 24.3 Å². The van der Waals surface area contributed by atoms with Crippen molar-refractivity contribution in [2.45, 2.75) is 39.3 Å².